The van der Waals surface area contributed by atoms with E-state index in [0.717, 1.165) is 24.5 Å². The number of nitrogens with one attached hydrogen (secondary N) is 1. The van der Waals surface area contributed by atoms with Crippen LogP contribution in [0.1, 0.15) is 39.8 Å². The molecule has 1 heterocycles. The van der Waals surface area contributed by atoms with Crippen LogP contribution in [-0.2, 0) is 12.0 Å². The molecule has 0 saturated carbocycles. The first-order valence-electron chi connectivity index (χ1n) is 5.49. The standard InChI is InChI=1S/C11H20N4S/c1-5-6-15-9(13-10(12)16)7-8(14-15)11(2,3)4/h7H,5-6H2,1-4H3,(H3,12,13,16). The van der Waals surface area contributed by atoms with Crippen LogP contribution in [0.2, 0.25) is 0 Å². The summed E-state index contributed by atoms with van der Waals surface area (Å²) in [5.74, 6) is 0.874. The van der Waals surface area contributed by atoms with Crippen molar-refractivity contribution in [3.8, 4) is 0 Å². The third-order valence-electron chi connectivity index (χ3n) is 2.24. The zero-order chi connectivity index (χ0) is 12.3. The Morgan fingerprint density at radius 2 is 2.19 bits per heavy atom. The summed E-state index contributed by atoms with van der Waals surface area (Å²) in [5, 5.41) is 7.80. The molecule has 90 valence electrons. The molecule has 0 bridgehead atoms. The van der Waals surface area contributed by atoms with Gasteiger partial charge < -0.3 is 11.1 Å². The Balaban J connectivity index is 3.04. The predicted octanol–water partition coefficient (Wildman–Crippen LogP) is 2.25. The molecule has 0 unspecified atom stereocenters. The van der Waals surface area contributed by atoms with E-state index in [1.807, 2.05) is 10.7 Å². The lowest BCUT2D eigenvalue weighted by Crippen LogP contribution is -2.21. The monoisotopic (exact) mass is 240 g/mol. The van der Waals surface area contributed by atoms with Gasteiger partial charge in [-0.25, -0.2) is 4.68 Å². The van der Waals surface area contributed by atoms with Crippen LogP contribution >= 0.6 is 12.2 Å². The zero-order valence-corrected chi connectivity index (χ0v) is 11.2. The normalized spacial score (nSPS) is 11.5. The van der Waals surface area contributed by atoms with Crippen LogP contribution in [-0.4, -0.2) is 14.9 Å². The molecule has 0 aliphatic carbocycles. The van der Waals surface area contributed by atoms with Gasteiger partial charge in [0.25, 0.3) is 0 Å². The Hall–Kier alpha value is -1.10. The molecule has 0 fully saturated rings. The quantitative estimate of drug-likeness (QED) is 0.796. The Labute approximate surface area is 102 Å². The molecular formula is C11H20N4S. The van der Waals surface area contributed by atoms with E-state index in [1.165, 1.54) is 0 Å². The lowest BCUT2D eigenvalue weighted by molar-refractivity contribution is 0.531. The van der Waals surface area contributed by atoms with Crippen molar-refractivity contribution in [1.82, 2.24) is 9.78 Å². The summed E-state index contributed by atoms with van der Waals surface area (Å²) in [5.41, 5.74) is 6.56. The third-order valence-corrected chi connectivity index (χ3v) is 2.34. The molecule has 0 saturated heterocycles. The van der Waals surface area contributed by atoms with E-state index in [1.54, 1.807) is 0 Å². The Morgan fingerprint density at radius 1 is 1.56 bits per heavy atom. The van der Waals surface area contributed by atoms with E-state index >= 15 is 0 Å². The number of nitrogens with two attached hydrogens (primary N) is 1. The summed E-state index contributed by atoms with van der Waals surface area (Å²) >= 11 is 4.85. The van der Waals surface area contributed by atoms with E-state index in [9.17, 15) is 0 Å². The van der Waals surface area contributed by atoms with Crippen LogP contribution in [0.3, 0.4) is 0 Å². The number of thiocarbonyl (C=S) groups is 1. The highest BCUT2D eigenvalue weighted by Gasteiger charge is 2.19. The molecule has 0 radical (unpaired) electrons. The number of nitrogens with zero attached hydrogens (tertiary/aromatic N) is 2. The molecular weight excluding hydrogens is 220 g/mol. The van der Waals surface area contributed by atoms with E-state index in [0.29, 0.717) is 0 Å². The SMILES string of the molecule is CCCn1nc(C(C)(C)C)cc1NC(N)=S. The zero-order valence-electron chi connectivity index (χ0n) is 10.4. The number of anilines is 1. The highest BCUT2D eigenvalue weighted by atomic mass is 32.1. The minimum absolute atomic E-state index is 0.0334. The fourth-order valence-corrected chi connectivity index (χ4v) is 1.50. The van der Waals surface area contributed by atoms with Crippen LogP contribution in [0.4, 0.5) is 5.82 Å². The minimum Gasteiger partial charge on any atom is -0.376 e. The van der Waals surface area contributed by atoms with E-state index in [-0.39, 0.29) is 10.5 Å². The molecule has 1 aromatic heterocycles. The molecule has 16 heavy (non-hydrogen) atoms. The van der Waals surface area contributed by atoms with E-state index in [4.69, 9.17) is 18.0 Å². The van der Waals surface area contributed by atoms with Gasteiger partial charge in [-0.15, -0.1) is 0 Å². The molecule has 0 amide bonds. The van der Waals surface area contributed by atoms with Gasteiger partial charge in [0.1, 0.15) is 5.82 Å². The average Bonchev–Trinajstić information content (AvgIpc) is 2.47. The maximum absolute atomic E-state index is 5.49. The van der Waals surface area contributed by atoms with Gasteiger partial charge in [0, 0.05) is 18.0 Å². The second-order valence-electron chi connectivity index (χ2n) is 4.88. The van der Waals surface area contributed by atoms with Crippen molar-refractivity contribution in [2.45, 2.75) is 46.1 Å². The lowest BCUT2D eigenvalue weighted by Gasteiger charge is -2.13. The molecule has 0 aliphatic rings. The molecule has 1 rings (SSSR count). The molecule has 5 heteroatoms. The second-order valence-corrected chi connectivity index (χ2v) is 5.32. The van der Waals surface area contributed by atoms with Gasteiger partial charge in [-0.1, -0.05) is 27.7 Å². The Morgan fingerprint density at radius 3 is 2.62 bits per heavy atom. The van der Waals surface area contributed by atoms with Crippen molar-refractivity contribution in [3.63, 3.8) is 0 Å². The van der Waals surface area contributed by atoms with Crippen molar-refractivity contribution in [3.05, 3.63) is 11.8 Å². The van der Waals surface area contributed by atoms with Crippen LogP contribution in [0, 0.1) is 0 Å². The molecule has 4 nitrogen and oxygen atoms in total. The van der Waals surface area contributed by atoms with Crippen molar-refractivity contribution >= 4 is 23.1 Å². The van der Waals surface area contributed by atoms with Gasteiger partial charge in [-0.3, -0.25) is 0 Å². The largest absolute Gasteiger partial charge is 0.376 e. The summed E-state index contributed by atoms with van der Waals surface area (Å²) in [4.78, 5) is 0. The highest BCUT2D eigenvalue weighted by Crippen LogP contribution is 2.24. The van der Waals surface area contributed by atoms with Crippen LogP contribution < -0.4 is 11.1 Å². The average molecular weight is 240 g/mol. The molecule has 0 spiro atoms. The lowest BCUT2D eigenvalue weighted by atomic mass is 9.92. The molecule has 0 atom stereocenters. The first-order chi connectivity index (χ1) is 7.34. The number of rotatable bonds is 3. The van der Waals surface area contributed by atoms with E-state index in [2.05, 4.69) is 38.1 Å². The number of hydrogen-bond donors (Lipinski definition) is 2. The third kappa shape index (κ3) is 3.20. The first kappa shape index (κ1) is 13.0. The van der Waals surface area contributed by atoms with E-state index < -0.39 is 0 Å². The number of hydrogen-bond acceptors (Lipinski definition) is 2. The van der Waals surface area contributed by atoms with Gasteiger partial charge in [0.15, 0.2) is 5.11 Å². The molecule has 1 aromatic rings. The van der Waals surface area contributed by atoms with Gasteiger partial charge in [0.05, 0.1) is 5.69 Å². The fourth-order valence-electron chi connectivity index (χ4n) is 1.39. The summed E-state index contributed by atoms with van der Waals surface area (Å²) in [6, 6.07) is 2.01. The summed E-state index contributed by atoms with van der Waals surface area (Å²) in [6.45, 7) is 9.38. The molecule has 0 aliphatic heterocycles. The van der Waals surface area contributed by atoms with Crippen LogP contribution in [0.5, 0.6) is 0 Å². The maximum Gasteiger partial charge on any atom is 0.169 e. The fraction of sp³-hybridized carbons (Fsp3) is 0.636. The number of aromatic nitrogens is 2. The molecule has 0 aromatic carbocycles. The van der Waals surface area contributed by atoms with Crippen molar-refractivity contribution < 1.29 is 0 Å². The number of aryl methyl sites for hydroxylation is 1. The highest BCUT2D eigenvalue weighted by molar-refractivity contribution is 7.80. The summed E-state index contributed by atoms with van der Waals surface area (Å²) in [7, 11) is 0. The van der Waals surface area contributed by atoms with Crippen molar-refractivity contribution in [2.75, 3.05) is 5.32 Å². The Bertz CT molecular complexity index is 376. The molecule has 3 N–H and O–H groups in total. The van der Waals surface area contributed by atoms with Gasteiger partial charge >= 0.3 is 0 Å². The van der Waals surface area contributed by atoms with Crippen molar-refractivity contribution in [2.24, 2.45) is 5.73 Å². The van der Waals surface area contributed by atoms with Crippen LogP contribution in [0.25, 0.3) is 0 Å². The summed E-state index contributed by atoms with van der Waals surface area (Å²) in [6.07, 6.45) is 1.03. The van der Waals surface area contributed by atoms with Gasteiger partial charge in [-0.2, -0.15) is 5.10 Å². The predicted molar refractivity (Wildman–Crippen MR) is 71.6 cm³/mol. The Kier molecular flexibility index (Phi) is 3.91. The minimum atomic E-state index is 0.0334. The smallest absolute Gasteiger partial charge is 0.169 e. The maximum atomic E-state index is 5.49. The topological polar surface area (TPSA) is 55.9 Å². The van der Waals surface area contributed by atoms with Crippen LogP contribution in [0.15, 0.2) is 6.07 Å². The van der Waals surface area contributed by atoms with Gasteiger partial charge in [-0.05, 0) is 18.6 Å². The summed E-state index contributed by atoms with van der Waals surface area (Å²) < 4.78 is 1.92. The first-order valence-corrected chi connectivity index (χ1v) is 5.90. The van der Waals surface area contributed by atoms with Gasteiger partial charge in [0.2, 0.25) is 0 Å². The van der Waals surface area contributed by atoms with Crippen molar-refractivity contribution in [1.29, 1.82) is 0 Å². The second kappa shape index (κ2) is 4.82.